The standard InChI is InChI=1S/C14H17ClN2/c1-14(7-2-3-8-14)10-17-13-6-4-5-12(15)11(13)9-16/h4-6,17H,2-3,7-8,10H2,1H3. The Morgan fingerprint density at radius 1 is 1.41 bits per heavy atom. The lowest BCUT2D eigenvalue weighted by Crippen LogP contribution is -2.23. The van der Waals surface area contributed by atoms with Crippen molar-refractivity contribution in [2.75, 3.05) is 11.9 Å². The maximum absolute atomic E-state index is 9.08. The van der Waals surface area contributed by atoms with E-state index in [1.807, 2.05) is 12.1 Å². The summed E-state index contributed by atoms with van der Waals surface area (Å²) < 4.78 is 0. The van der Waals surface area contributed by atoms with Crippen LogP contribution >= 0.6 is 11.6 Å². The Bertz CT molecular complexity index is 442. The summed E-state index contributed by atoms with van der Waals surface area (Å²) in [6.07, 6.45) is 5.17. The van der Waals surface area contributed by atoms with Gasteiger partial charge in [-0.15, -0.1) is 0 Å². The van der Waals surface area contributed by atoms with Crippen LogP contribution in [0.3, 0.4) is 0 Å². The van der Waals surface area contributed by atoms with Crippen LogP contribution in [0.5, 0.6) is 0 Å². The van der Waals surface area contributed by atoms with E-state index in [4.69, 9.17) is 16.9 Å². The first-order valence-corrected chi connectivity index (χ1v) is 6.45. The van der Waals surface area contributed by atoms with Gasteiger partial charge in [-0.25, -0.2) is 0 Å². The lowest BCUT2D eigenvalue weighted by molar-refractivity contribution is 0.362. The minimum atomic E-state index is 0.370. The number of hydrogen-bond acceptors (Lipinski definition) is 2. The Kier molecular flexibility index (Phi) is 3.59. The van der Waals surface area contributed by atoms with E-state index < -0.39 is 0 Å². The molecule has 90 valence electrons. The van der Waals surface area contributed by atoms with Crippen molar-refractivity contribution in [1.82, 2.24) is 0 Å². The van der Waals surface area contributed by atoms with E-state index in [-0.39, 0.29) is 0 Å². The van der Waals surface area contributed by atoms with Gasteiger partial charge in [-0.05, 0) is 30.4 Å². The Labute approximate surface area is 108 Å². The van der Waals surface area contributed by atoms with Crippen LogP contribution in [-0.2, 0) is 0 Å². The molecule has 0 saturated heterocycles. The van der Waals surface area contributed by atoms with Gasteiger partial charge in [-0.2, -0.15) is 5.26 Å². The van der Waals surface area contributed by atoms with Gasteiger partial charge in [0.25, 0.3) is 0 Å². The fourth-order valence-corrected chi connectivity index (χ4v) is 2.72. The summed E-state index contributed by atoms with van der Waals surface area (Å²) in [6.45, 7) is 3.23. The molecule has 1 aliphatic rings. The summed E-state index contributed by atoms with van der Waals surface area (Å²) in [5.74, 6) is 0. The van der Waals surface area contributed by atoms with E-state index >= 15 is 0 Å². The topological polar surface area (TPSA) is 35.8 Å². The fourth-order valence-electron chi connectivity index (χ4n) is 2.50. The van der Waals surface area contributed by atoms with E-state index in [1.165, 1.54) is 25.7 Å². The van der Waals surface area contributed by atoms with Gasteiger partial charge in [0.1, 0.15) is 6.07 Å². The summed E-state index contributed by atoms with van der Waals surface area (Å²) in [7, 11) is 0. The summed E-state index contributed by atoms with van der Waals surface area (Å²) >= 11 is 6.00. The molecule has 1 saturated carbocycles. The zero-order valence-corrected chi connectivity index (χ0v) is 10.8. The van der Waals surface area contributed by atoms with Gasteiger partial charge in [0.15, 0.2) is 0 Å². The highest BCUT2D eigenvalue weighted by molar-refractivity contribution is 6.32. The highest BCUT2D eigenvalue weighted by Crippen LogP contribution is 2.37. The first kappa shape index (κ1) is 12.3. The maximum Gasteiger partial charge on any atom is 0.103 e. The van der Waals surface area contributed by atoms with Crippen molar-refractivity contribution in [3.05, 3.63) is 28.8 Å². The molecule has 1 aliphatic carbocycles. The molecule has 0 aliphatic heterocycles. The SMILES string of the molecule is CC1(CNc2cccc(Cl)c2C#N)CCCC1. The normalized spacial score (nSPS) is 17.7. The van der Waals surface area contributed by atoms with Crippen LogP contribution in [-0.4, -0.2) is 6.54 Å². The van der Waals surface area contributed by atoms with Crippen molar-refractivity contribution in [2.45, 2.75) is 32.6 Å². The van der Waals surface area contributed by atoms with Crippen LogP contribution in [0.4, 0.5) is 5.69 Å². The van der Waals surface area contributed by atoms with Gasteiger partial charge in [-0.1, -0.05) is 37.4 Å². The third kappa shape index (κ3) is 2.73. The average molecular weight is 249 g/mol. The van der Waals surface area contributed by atoms with Crippen molar-refractivity contribution in [3.63, 3.8) is 0 Å². The van der Waals surface area contributed by atoms with Gasteiger partial charge >= 0.3 is 0 Å². The molecule has 0 bridgehead atoms. The molecule has 2 nitrogen and oxygen atoms in total. The van der Waals surface area contributed by atoms with Crippen molar-refractivity contribution < 1.29 is 0 Å². The van der Waals surface area contributed by atoms with Crippen molar-refractivity contribution in [1.29, 1.82) is 5.26 Å². The van der Waals surface area contributed by atoms with E-state index in [9.17, 15) is 0 Å². The molecule has 0 radical (unpaired) electrons. The van der Waals surface area contributed by atoms with Gasteiger partial charge in [-0.3, -0.25) is 0 Å². The lowest BCUT2D eigenvalue weighted by Gasteiger charge is -2.24. The third-order valence-corrected chi connectivity index (χ3v) is 3.96. The molecule has 0 heterocycles. The molecule has 1 aromatic carbocycles. The molecular weight excluding hydrogens is 232 g/mol. The zero-order chi connectivity index (χ0) is 12.3. The lowest BCUT2D eigenvalue weighted by atomic mass is 9.89. The second-order valence-corrected chi connectivity index (χ2v) is 5.55. The summed E-state index contributed by atoms with van der Waals surface area (Å²) in [6, 6.07) is 7.71. The Morgan fingerprint density at radius 2 is 2.12 bits per heavy atom. The Hall–Kier alpha value is -1.20. The number of nitrogens with one attached hydrogen (secondary N) is 1. The van der Waals surface area contributed by atoms with Crippen LogP contribution in [0.1, 0.15) is 38.2 Å². The monoisotopic (exact) mass is 248 g/mol. The number of rotatable bonds is 3. The number of nitrogens with zero attached hydrogens (tertiary/aromatic N) is 1. The molecule has 0 unspecified atom stereocenters. The van der Waals surface area contributed by atoms with Gasteiger partial charge in [0.2, 0.25) is 0 Å². The molecule has 0 atom stereocenters. The molecule has 2 rings (SSSR count). The quantitative estimate of drug-likeness (QED) is 0.870. The molecule has 1 N–H and O–H groups in total. The highest BCUT2D eigenvalue weighted by Gasteiger charge is 2.28. The minimum absolute atomic E-state index is 0.370. The second-order valence-electron chi connectivity index (χ2n) is 5.15. The number of benzene rings is 1. The summed E-state index contributed by atoms with van der Waals surface area (Å²) in [5.41, 5.74) is 1.78. The van der Waals surface area contributed by atoms with E-state index in [2.05, 4.69) is 18.3 Å². The minimum Gasteiger partial charge on any atom is -0.383 e. The largest absolute Gasteiger partial charge is 0.383 e. The van der Waals surface area contributed by atoms with Crippen LogP contribution < -0.4 is 5.32 Å². The molecular formula is C14H17ClN2. The smallest absolute Gasteiger partial charge is 0.103 e. The number of hydrogen-bond donors (Lipinski definition) is 1. The predicted octanol–water partition coefficient (Wildman–Crippen LogP) is 4.20. The Balaban J connectivity index is 2.09. The van der Waals surface area contributed by atoms with E-state index in [0.717, 1.165) is 12.2 Å². The predicted molar refractivity (Wildman–Crippen MR) is 71.2 cm³/mol. The first-order chi connectivity index (χ1) is 8.14. The highest BCUT2D eigenvalue weighted by atomic mass is 35.5. The Morgan fingerprint density at radius 3 is 2.76 bits per heavy atom. The van der Waals surface area contributed by atoms with Crippen molar-refractivity contribution >= 4 is 17.3 Å². The van der Waals surface area contributed by atoms with Crippen LogP contribution in [0.2, 0.25) is 5.02 Å². The molecule has 0 spiro atoms. The van der Waals surface area contributed by atoms with Crippen LogP contribution in [0.25, 0.3) is 0 Å². The average Bonchev–Trinajstić information content (AvgIpc) is 2.74. The van der Waals surface area contributed by atoms with E-state index in [0.29, 0.717) is 16.0 Å². The van der Waals surface area contributed by atoms with E-state index in [1.54, 1.807) is 6.07 Å². The molecule has 1 aromatic rings. The maximum atomic E-state index is 9.08. The number of nitriles is 1. The first-order valence-electron chi connectivity index (χ1n) is 6.07. The van der Waals surface area contributed by atoms with Crippen molar-refractivity contribution in [3.8, 4) is 6.07 Å². The molecule has 0 amide bonds. The second kappa shape index (κ2) is 4.98. The van der Waals surface area contributed by atoms with Crippen molar-refractivity contribution in [2.24, 2.45) is 5.41 Å². The fraction of sp³-hybridized carbons (Fsp3) is 0.500. The van der Waals surface area contributed by atoms with Crippen LogP contribution in [0.15, 0.2) is 18.2 Å². The summed E-state index contributed by atoms with van der Waals surface area (Å²) in [5, 5.41) is 13.0. The van der Waals surface area contributed by atoms with Crippen LogP contribution in [0, 0.1) is 16.7 Å². The molecule has 17 heavy (non-hydrogen) atoms. The van der Waals surface area contributed by atoms with Gasteiger partial charge < -0.3 is 5.32 Å². The molecule has 3 heteroatoms. The molecule has 1 fully saturated rings. The van der Waals surface area contributed by atoms with Gasteiger partial charge in [0, 0.05) is 6.54 Å². The third-order valence-electron chi connectivity index (χ3n) is 3.64. The number of anilines is 1. The zero-order valence-electron chi connectivity index (χ0n) is 10.1. The van der Waals surface area contributed by atoms with Gasteiger partial charge in [0.05, 0.1) is 16.3 Å². The summed E-state index contributed by atoms with van der Waals surface area (Å²) in [4.78, 5) is 0. The number of halogens is 1. The molecule has 0 aromatic heterocycles.